The Morgan fingerprint density at radius 2 is 1.81 bits per heavy atom. The molecule has 6 heteroatoms. The lowest BCUT2D eigenvalue weighted by Gasteiger charge is -2.09. The van der Waals surface area contributed by atoms with Gasteiger partial charge in [0.25, 0.3) is 0 Å². The van der Waals surface area contributed by atoms with Gasteiger partial charge in [-0.3, -0.25) is 0 Å². The molecule has 1 N–H and O–H groups in total. The molecule has 0 saturated carbocycles. The maximum atomic E-state index is 6.24. The minimum absolute atomic E-state index is 0.639. The lowest BCUT2D eigenvalue weighted by molar-refractivity contribution is 0.616. The number of nitrogens with zero attached hydrogens (tertiary/aromatic N) is 2. The molecule has 0 radical (unpaired) electrons. The molecule has 0 unspecified atom stereocenters. The average Bonchev–Trinajstić information content (AvgIpc) is 2.90. The quantitative estimate of drug-likeness (QED) is 0.484. The molecule has 0 aliphatic heterocycles. The van der Waals surface area contributed by atoms with Gasteiger partial charge in [0.15, 0.2) is 0 Å². The Hall–Kier alpha value is -0.780. The standard InChI is InChI=1S/C15H20ClN3S2/c1-2-3-4-5-6-7-8-15(20)17-12-10-14-13(9-11(12)16)18-21-19-14/h9-10H,2-8H2,1H3,(H,17,20). The van der Waals surface area contributed by atoms with Crippen molar-refractivity contribution < 1.29 is 0 Å². The Morgan fingerprint density at radius 3 is 2.57 bits per heavy atom. The number of hydrogen-bond donors (Lipinski definition) is 1. The fraction of sp³-hybridized carbons (Fsp3) is 0.533. The van der Waals surface area contributed by atoms with E-state index in [1.165, 1.54) is 43.8 Å². The van der Waals surface area contributed by atoms with Gasteiger partial charge >= 0.3 is 0 Å². The number of anilines is 1. The molecule has 0 bridgehead atoms. The van der Waals surface area contributed by atoms with Crippen LogP contribution in [0.15, 0.2) is 12.1 Å². The van der Waals surface area contributed by atoms with Crippen molar-refractivity contribution in [3.8, 4) is 0 Å². The van der Waals surface area contributed by atoms with Crippen molar-refractivity contribution in [3.05, 3.63) is 17.2 Å². The summed E-state index contributed by atoms with van der Waals surface area (Å²) in [6.07, 6.45) is 8.53. The van der Waals surface area contributed by atoms with Gasteiger partial charge in [-0.05, 0) is 25.0 Å². The lowest BCUT2D eigenvalue weighted by Crippen LogP contribution is -2.09. The Kier molecular flexibility index (Phi) is 6.80. The third-order valence-corrected chi connectivity index (χ3v) is 4.55. The first-order chi connectivity index (χ1) is 10.2. The summed E-state index contributed by atoms with van der Waals surface area (Å²) in [4.78, 5) is 0.843. The van der Waals surface area contributed by atoms with E-state index in [-0.39, 0.29) is 0 Å². The number of aromatic nitrogens is 2. The highest BCUT2D eigenvalue weighted by Gasteiger charge is 2.07. The van der Waals surface area contributed by atoms with E-state index in [0.717, 1.165) is 34.6 Å². The van der Waals surface area contributed by atoms with E-state index in [1.54, 1.807) is 0 Å². The summed E-state index contributed by atoms with van der Waals surface area (Å²) < 4.78 is 8.39. The van der Waals surface area contributed by atoms with Crippen molar-refractivity contribution >= 4 is 57.3 Å². The number of unbranched alkanes of at least 4 members (excludes halogenated alkanes) is 5. The van der Waals surface area contributed by atoms with Crippen LogP contribution in [0, 0.1) is 0 Å². The van der Waals surface area contributed by atoms with Crippen molar-refractivity contribution in [2.45, 2.75) is 51.9 Å². The minimum Gasteiger partial charge on any atom is -0.349 e. The van der Waals surface area contributed by atoms with Crippen LogP contribution in [0.1, 0.15) is 51.9 Å². The summed E-state index contributed by atoms with van der Waals surface area (Å²) in [5.74, 6) is 0. The SMILES string of the molecule is CCCCCCCCC(=S)Nc1cc2nsnc2cc1Cl. The predicted molar refractivity (Wildman–Crippen MR) is 96.6 cm³/mol. The third kappa shape index (κ3) is 5.16. The highest BCUT2D eigenvalue weighted by atomic mass is 35.5. The second-order valence-electron chi connectivity index (χ2n) is 5.15. The molecule has 1 aromatic carbocycles. The van der Waals surface area contributed by atoms with Crippen LogP contribution in [0.2, 0.25) is 5.02 Å². The van der Waals surface area contributed by atoms with Gasteiger partial charge in [-0.1, -0.05) is 62.8 Å². The Balaban J connectivity index is 1.79. The molecule has 3 nitrogen and oxygen atoms in total. The van der Waals surface area contributed by atoms with Crippen LogP contribution in [-0.4, -0.2) is 13.7 Å². The van der Waals surface area contributed by atoms with Gasteiger partial charge in [-0.15, -0.1) is 0 Å². The lowest BCUT2D eigenvalue weighted by atomic mass is 10.1. The average molecular weight is 342 g/mol. The molecule has 0 fully saturated rings. The van der Waals surface area contributed by atoms with Gasteiger partial charge in [-0.2, -0.15) is 8.75 Å². The zero-order valence-corrected chi connectivity index (χ0v) is 14.6. The van der Waals surface area contributed by atoms with Crippen molar-refractivity contribution in [2.75, 3.05) is 5.32 Å². The van der Waals surface area contributed by atoms with E-state index in [2.05, 4.69) is 21.0 Å². The molecule has 2 aromatic rings. The predicted octanol–water partition coefficient (Wildman–Crippen LogP) is 5.83. The molecule has 21 heavy (non-hydrogen) atoms. The largest absolute Gasteiger partial charge is 0.349 e. The van der Waals surface area contributed by atoms with Gasteiger partial charge < -0.3 is 5.32 Å². The summed E-state index contributed by atoms with van der Waals surface area (Å²) in [5.41, 5.74) is 2.51. The smallest absolute Gasteiger partial charge is 0.106 e. The van der Waals surface area contributed by atoms with Gasteiger partial charge in [-0.25, -0.2) is 0 Å². The number of thiocarbonyl (C=S) groups is 1. The molecular formula is C15H20ClN3S2. The first-order valence-electron chi connectivity index (χ1n) is 7.42. The maximum absolute atomic E-state index is 6.24. The Bertz CT molecular complexity index is 598. The monoisotopic (exact) mass is 341 g/mol. The van der Waals surface area contributed by atoms with E-state index in [4.69, 9.17) is 23.8 Å². The Labute approximate surface area is 140 Å². The first-order valence-corrected chi connectivity index (χ1v) is 8.94. The van der Waals surface area contributed by atoms with E-state index in [1.807, 2.05) is 12.1 Å². The first kappa shape index (κ1) is 16.6. The molecule has 0 saturated heterocycles. The van der Waals surface area contributed by atoms with Gasteiger partial charge in [0.2, 0.25) is 0 Å². The van der Waals surface area contributed by atoms with Crippen molar-refractivity contribution in [1.29, 1.82) is 0 Å². The summed E-state index contributed by atoms with van der Waals surface area (Å²) in [7, 11) is 0. The highest BCUT2D eigenvalue weighted by molar-refractivity contribution is 7.80. The summed E-state index contributed by atoms with van der Waals surface area (Å²) >= 11 is 12.8. The normalized spacial score (nSPS) is 11.0. The molecule has 1 heterocycles. The van der Waals surface area contributed by atoms with Crippen LogP contribution < -0.4 is 5.32 Å². The van der Waals surface area contributed by atoms with Crippen LogP contribution in [0.3, 0.4) is 0 Å². The summed E-state index contributed by atoms with van der Waals surface area (Å²) in [5, 5.41) is 3.87. The van der Waals surface area contributed by atoms with Crippen LogP contribution in [0.25, 0.3) is 11.0 Å². The molecule has 0 amide bonds. The zero-order valence-electron chi connectivity index (χ0n) is 12.2. The van der Waals surface area contributed by atoms with Gasteiger partial charge in [0.05, 0.1) is 27.4 Å². The molecule has 0 aliphatic carbocycles. The van der Waals surface area contributed by atoms with Crippen LogP contribution in [-0.2, 0) is 0 Å². The van der Waals surface area contributed by atoms with Crippen molar-refractivity contribution in [2.24, 2.45) is 0 Å². The number of rotatable bonds is 8. The molecule has 1 aromatic heterocycles. The second-order valence-corrected chi connectivity index (χ2v) is 6.58. The van der Waals surface area contributed by atoms with Crippen LogP contribution in [0.5, 0.6) is 0 Å². The molecule has 0 atom stereocenters. The van der Waals surface area contributed by atoms with E-state index in [0.29, 0.717) is 5.02 Å². The van der Waals surface area contributed by atoms with Crippen LogP contribution >= 0.6 is 35.5 Å². The highest BCUT2D eigenvalue weighted by Crippen LogP contribution is 2.27. The number of nitrogens with one attached hydrogen (secondary N) is 1. The molecule has 114 valence electrons. The third-order valence-electron chi connectivity index (χ3n) is 3.37. The number of benzene rings is 1. The second kappa shape index (κ2) is 8.61. The van der Waals surface area contributed by atoms with Gasteiger partial charge in [0, 0.05) is 0 Å². The van der Waals surface area contributed by atoms with Crippen molar-refractivity contribution in [3.63, 3.8) is 0 Å². The van der Waals surface area contributed by atoms with Crippen molar-refractivity contribution in [1.82, 2.24) is 8.75 Å². The van der Waals surface area contributed by atoms with E-state index >= 15 is 0 Å². The molecule has 0 spiro atoms. The molecule has 0 aliphatic rings. The molecular weight excluding hydrogens is 322 g/mol. The number of halogens is 1. The zero-order chi connectivity index (χ0) is 15.1. The van der Waals surface area contributed by atoms with E-state index < -0.39 is 0 Å². The summed E-state index contributed by atoms with van der Waals surface area (Å²) in [6, 6.07) is 3.74. The van der Waals surface area contributed by atoms with Crippen LogP contribution in [0.4, 0.5) is 5.69 Å². The minimum atomic E-state index is 0.639. The van der Waals surface area contributed by atoms with Gasteiger partial charge in [0.1, 0.15) is 11.0 Å². The fourth-order valence-electron chi connectivity index (χ4n) is 2.18. The number of hydrogen-bond acceptors (Lipinski definition) is 4. The Morgan fingerprint density at radius 1 is 1.14 bits per heavy atom. The fourth-order valence-corrected chi connectivity index (χ4v) is 3.15. The number of fused-ring (bicyclic) bond motifs is 1. The molecule has 2 rings (SSSR count). The maximum Gasteiger partial charge on any atom is 0.106 e. The summed E-state index contributed by atoms with van der Waals surface area (Å²) in [6.45, 7) is 2.23. The topological polar surface area (TPSA) is 37.8 Å². The van der Waals surface area contributed by atoms with E-state index in [9.17, 15) is 0 Å².